The molecule has 0 saturated heterocycles. The average Bonchev–Trinajstić information content (AvgIpc) is 4.02. The Kier molecular flexibility index (Phi) is 7.51. The fourth-order valence-corrected chi connectivity index (χ4v) is 12.7. The number of para-hydroxylation sites is 3. The second-order valence-electron chi connectivity index (χ2n) is 17.1. The summed E-state index contributed by atoms with van der Waals surface area (Å²) in [6.45, 7) is 0. The van der Waals surface area contributed by atoms with Gasteiger partial charge in [-0.25, -0.2) is 0 Å². The van der Waals surface area contributed by atoms with Crippen LogP contribution in [0.2, 0.25) is 0 Å². The molecule has 3 heterocycles. The number of nitrogens with zero attached hydrogens (tertiary/aromatic N) is 2. The Labute approximate surface area is 375 Å². The predicted octanol–water partition coefficient (Wildman–Crippen LogP) is 16.6. The molecule has 1 aliphatic carbocycles. The molecular weight excluding hydrogens is 793 g/mol. The fourth-order valence-electron chi connectivity index (χ4n) is 11.4. The Hall–Kier alpha value is -7.98. The van der Waals surface area contributed by atoms with E-state index in [9.17, 15) is 0 Å². The van der Waals surface area contributed by atoms with Crippen molar-refractivity contribution in [2.75, 3.05) is 4.90 Å². The normalized spacial score (nSPS) is 14.6. The molecule has 0 bridgehead atoms. The molecule has 298 valence electrons. The van der Waals surface area contributed by atoms with E-state index in [1.807, 2.05) is 11.3 Å². The van der Waals surface area contributed by atoms with Crippen LogP contribution in [0.3, 0.4) is 0 Å². The molecule has 0 amide bonds. The maximum atomic E-state index is 2.52. The molecule has 0 fully saturated rings. The van der Waals surface area contributed by atoms with Gasteiger partial charge in [-0.3, -0.25) is 0 Å². The lowest BCUT2D eigenvalue weighted by Gasteiger charge is -2.39. The van der Waals surface area contributed by atoms with Crippen LogP contribution in [0.25, 0.3) is 81.0 Å². The first kappa shape index (κ1) is 35.6. The second-order valence-corrected chi connectivity index (χ2v) is 18.2. The average molecular weight is 831 g/mol. The van der Waals surface area contributed by atoms with Gasteiger partial charge < -0.3 is 9.47 Å². The van der Waals surface area contributed by atoms with E-state index in [4.69, 9.17) is 0 Å². The summed E-state index contributed by atoms with van der Waals surface area (Å²) >= 11 is 1.88. The molecule has 2 aliphatic rings. The van der Waals surface area contributed by atoms with Crippen molar-refractivity contribution in [2.45, 2.75) is 5.41 Å². The lowest BCUT2D eigenvalue weighted by Crippen LogP contribution is -2.33. The van der Waals surface area contributed by atoms with Crippen molar-refractivity contribution in [3.63, 3.8) is 0 Å². The molecule has 3 heteroatoms. The van der Waals surface area contributed by atoms with Crippen molar-refractivity contribution in [1.29, 1.82) is 0 Å². The molecule has 14 rings (SSSR count). The van der Waals surface area contributed by atoms with Gasteiger partial charge in [0, 0.05) is 47.9 Å². The van der Waals surface area contributed by atoms with Gasteiger partial charge >= 0.3 is 0 Å². The van der Waals surface area contributed by atoms with Gasteiger partial charge in [-0.15, -0.1) is 11.3 Å². The maximum Gasteiger partial charge on any atom is 0.0755 e. The van der Waals surface area contributed by atoms with Crippen LogP contribution in [0.4, 0.5) is 17.1 Å². The van der Waals surface area contributed by atoms with Gasteiger partial charge in [0.15, 0.2) is 0 Å². The molecule has 1 atom stereocenters. The summed E-state index contributed by atoms with van der Waals surface area (Å²) in [5.41, 5.74) is 19.2. The quantitative estimate of drug-likeness (QED) is 0.168. The van der Waals surface area contributed by atoms with Crippen LogP contribution in [0.1, 0.15) is 22.3 Å². The molecule has 1 spiro atoms. The Morgan fingerprint density at radius 3 is 1.94 bits per heavy atom. The molecule has 0 N–H and O–H groups in total. The fraction of sp³-hybridized carbons (Fsp3) is 0.0164. The molecule has 0 radical (unpaired) electrons. The van der Waals surface area contributed by atoms with Gasteiger partial charge in [-0.05, 0) is 98.6 Å². The number of hydrogen-bond acceptors (Lipinski definition) is 2. The monoisotopic (exact) mass is 830 g/mol. The van der Waals surface area contributed by atoms with E-state index < -0.39 is 5.41 Å². The number of rotatable bonds is 5. The van der Waals surface area contributed by atoms with Crippen molar-refractivity contribution < 1.29 is 0 Å². The summed E-state index contributed by atoms with van der Waals surface area (Å²) in [5.74, 6) is 0. The Bertz CT molecular complexity index is 3860. The zero-order valence-corrected chi connectivity index (χ0v) is 35.6. The molecule has 2 nitrogen and oxygen atoms in total. The summed E-state index contributed by atoms with van der Waals surface area (Å²) in [6, 6.07) is 85.8. The first-order valence-electron chi connectivity index (χ1n) is 22.1. The zero-order chi connectivity index (χ0) is 41.9. The highest BCUT2D eigenvalue weighted by Gasteiger charge is 2.51. The highest BCUT2D eigenvalue weighted by atomic mass is 32.1. The van der Waals surface area contributed by atoms with E-state index in [1.165, 1.54) is 103 Å². The van der Waals surface area contributed by atoms with E-state index in [0.717, 1.165) is 17.1 Å². The second kappa shape index (κ2) is 13.5. The number of aromatic nitrogens is 1. The molecule has 1 unspecified atom stereocenters. The summed E-state index contributed by atoms with van der Waals surface area (Å²) in [7, 11) is 0. The van der Waals surface area contributed by atoms with E-state index in [2.05, 4.69) is 240 Å². The third kappa shape index (κ3) is 4.79. The summed E-state index contributed by atoms with van der Waals surface area (Å²) in [6.07, 6.45) is 0. The largest absolute Gasteiger partial charge is 0.310 e. The van der Waals surface area contributed by atoms with E-state index in [0.29, 0.717) is 0 Å². The molecule has 12 aromatic rings. The first-order chi connectivity index (χ1) is 31.8. The lowest BCUT2D eigenvalue weighted by atomic mass is 9.65. The lowest BCUT2D eigenvalue weighted by molar-refractivity contribution is 0.748. The third-order valence-electron chi connectivity index (χ3n) is 14.0. The zero-order valence-electron chi connectivity index (χ0n) is 34.7. The molecule has 2 aromatic heterocycles. The van der Waals surface area contributed by atoms with E-state index in [-0.39, 0.29) is 0 Å². The van der Waals surface area contributed by atoms with Gasteiger partial charge in [0.2, 0.25) is 0 Å². The van der Waals surface area contributed by atoms with Crippen LogP contribution < -0.4 is 4.90 Å². The minimum absolute atomic E-state index is 0.549. The van der Waals surface area contributed by atoms with Gasteiger partial charge in [0.05, 0.1) is 27.8 Å². The van der Waals surface area contributed by atoms with E-state index in [1.54, 1.807) is 0 Å². The summed E-state index contributed by atoms with van der Waals surface area (Å²) in [5, 5.41) is 5.20. The Morgan fingerprint density at radius 2 is 1.03 bits per heavy atom. The van der Waals surface area contributed by atoms with E-state index >= 15 is 0 Å². The standard InChI is InChI=1S/C61H38N2S/c1-2-16-39(17-3-1)41-18-12-19-43(38-41)62(42-36-34-40(35-37-42)44-23-13-25-48-46-21-6-11-33-57(46)64-60(44)48)56-32-15-28-52-58(56)49-22-4-7-26-50(49)61(52)51-27-8-10-31-55(51)63-54-30-9-5-20-45(54)47-24-14-29-53(61)59(47)63/h1-38H. The SMILES string of the molecule is c1ccc(-c2cccc(N(c3ccc(-c4cccc5c4sc4ccccc45)cc3)c3cccc4c3-c3ccccc3C43c4ccccc4-n4c5ccccc5c5cccc3c54)c2)cc1. The van der Waals surface area contributed by atoms with Crippen molar-refractivity contribution in [3.05, 3.63) is 253 Å². The minimum atomic E-state index is -0.549. The van der Waals surface area contributed by atoms with Crippen LogP contribution in [0.5, 0.6) is 0 Å². The van der Waals surface area contributed by atoms with Crippen LogP contribution in [-0.4, -0.2) is 4.57 Å². The number of benzene rings is 10. The summed E-state index contributed by atoms with van der Waals surface area (Å²) in [4.78, 5) is 2.50. The third-order valence-corrected chi connectivity index (χ3v) is 15.2. The minimum Gasteiger partial charge on any atom is -0.310 e. The van der Waals surface area contributed by atoms with Crippen molar-refractivity contribution in [2.24, 2.45) is 0 Å². The van der Waals surface area contributed by atoms with Crippen LogP contribution >= 0.6 is 11.3 Å². The van der Waals surface area contributed by atoms with Crippen molar-refractivity contribution in [1.82, 2.24) is 4.57 Å². The Morgan fingerprint density at radius 1 is 0.391 bits per heavy atom. The highest BCUT2D eigenvalue weighted by molar-refractivity contribution is 7.26. The predicted molar refractivity (Wildman–Crippen MR) is 270 cm³/mol. The van der Waals surface area contributed by atoms with Gasteiger partial charge in [-0.1, -0.05) is 182 Å². The van der Waals surface area contributed by atoms with Crippen LogP contribution in [0, 0.1) is 0 Å². The first-order valence-corrected chi connectivity index (χ1v) is 22.9. The Balaban J connectivity index is 1.03. The van der Waals surface area contributed by atoms with Gasteiger partial charge in [0.25, 0.3) is 0 Å². The highest BCUT2D eigenvalue weighted by Crippen LogP contribution is 2.63. The van der Waals surface area contributed by atoms with Crippen LogP contribution in [-0.2, 0) is 5.41 Å². The maximum absolute atomic E-state index is 2.52. The molecule has 0 saturated carbocycles. The molecule has 64 heavy (non-hydrogen) atoms. The van der Waals surface area contributed by atoms with Gasteiger partial charge in [-0.2, -0.15) is 0 Å². The number of anilines is 3. The molecular formula is C61H38N2S. The molecule has 1 aliphatic heterocycles. The topological polar surface area (TPSA) is 8.17 Å². The molecule has 10 aromatic carbocycles. The smallest absolute Gasteiger partial charge is 0.0755 e. The van der Waals surface area contributed by atoms with Crippen molar-refractivity contribution >= 4 is 70.4 Å². The van der Waals surface area contributed by atoms with Crippen LogP contribution in [0.15, 0.2) is 231 Å². The summed E-state index contributed by atoms with van der Waals surface area (Å²) < 4.78 is 5.17. The number of fused-ring (bicyclic) bond motifs is 15. The number of hydrogen-bond donors (Lipinski definition) is 0. The van der Waals surface area contributed by atoms with Crippen molar-refractivity contribution in [3.8, 4) is 39.1 Å². The number of thiophene rings is 1. The van der Waals surface area contributed by atoms with Gasteiger partial charge in [0.1, 0.15) is 0 Å².